The van der Waals surface area contributed by atoms with Crippen LogP contribution in [0.3, 0.4) is 0 Å². The third kappa shape index (κ3) is 4.03. The van der Waals surface area contributed by atoms with Gasteiger partial charge in [0.2, 0.25) is 0 Å². The number of hydrogen-bond acceptors (Lipinski definition) is 3. The van der Waals surface area contributed by atoms with Crippen LogP contribution < -0.4 is 10.2 Å². The largest absolute Gasteiger partial charge is 0.370 e. The maximum absolute atomic E-state index is 13.1. The quantitative estimate of drug-likeness (QED) is 0.801. The Morgan fingerprint density at radius 1 is 1.04 bits per heavy atom. The molecule has 2 aliphatic heterocycles. The normalized spacial score (nSPS) is 20.0. The van der Waals surface area contributed by atoms with Gasteiger partial charge in [0.15, 0.2) is 0 Å². The molecule has 1 N–H and O–H groups in total. The van der Waals surface area contributed by atoms with Crippen molar-refractivity contribution in [3.8, 4) is 0 Å². The SMILES string of the molecule is O=C(Nc1cc(Cl)ccc1N1CCCCC1)N1CCC[C@@H]1c1ccncc1. The van der Waals surface area contributed by atoms with Crippen LogP contribution in [-0.4, -0.2) is 35.5 Å². The van der Waals surface area contributed by atoms with E-state index in [1.54, 1.807) is 12.4 Å². The molecule has 2 fully saturated rings. The van der Waals surface area contributed by atoms with Crippen LogP contribution in [0.25, 0.3) is 0 Å². The van der Waals surface area contributed by atoms with Crippen LogP contribution in [0, 0.1) is 0 Å². The highest BCUT2D eigenvalue weighted by molar-refractivity contribution is 6.31. The number of rotatable bonds is 3. The van der Waals surface area contributed by atoms with E-state index in [1.165, 1.54) is 19.3 Å². The lowest BCUT2D eigenvalue weighted by molar-refractivity contribution is 0.207. The number of nitrogens with zero attached hydrogens (tertiary/aromatic N) is 3. The highest BCUT2D eigenvalue weighted by atomic mass is 35.5. The van der Waals surface area contributed by atoms with Crippen LogP contribution in [0.2, 0.25) is 5.02 Å². The minimum Gasteiger partial charge on any atom is -0.370 e. The summed E-state index contributed by atoms with van der Waals surface area (Å²) in [5.41, 5.74) is 3.00. The average molecular weight is 385 g/mol. The lowest BCUT2D eigenvalue weighted by Gasteiger charge is -2.31. The van der Waals surface area contributed by atoms with Gasteiger partial charge in [-0.3, -0.25) is 4.98 Å². The van der Waals surface area contributed by atoms with Crippen molar-refractivity contribution >= 4 is 29.0 Å². The Balaban J connectivity index is 1.54. The minimum atomic E-state index is -0.0603. The second-order valence-electron chi connectivity index (χ2n) is 7.27. The summed E-state index contributed by atoms with van der Waals surface area (Å²) < 4.78 is 0. The van der Waals surface area contributed by atoms with Gasteiger partial charge in [0, 0.05) is 37.1 Å². The molecule has 2 aromatic rings. The van der Waals surface area contributed by atoms with Crippen molar-refractivity contribution in [2.75, 3.05) is 29.9 Å². The molecular weight excluding hydrogens is 360 g/mol. The molecule has 27 heavy (non-hydrogen) atoms. The molecule has 3 heterocycles. The summed E-state index contributed by atoms with van der Waals surface area (Å²) in [4.78, 5) is 21.4. The van der Waals surface area contributed by atoms with Gasteiger partial charge < -0.3 is 15.1 Å². The van der Waals surface area contributed by atoms with E-state index in [4.69, 9.17) is 11.6 Å². The molecule has 1 atom stereocenters. The summed E-state index contributed by atoms with van der Waals surface area (Å²) in [6, 6.07) is 9.81. The first-order chi connectivity index (χ1) is 13.2. The lowest BCUT2D eigenvalue weighted by atomic mass is 10.1. The number of benzene rings is 1. The maximum Gasteiger partial charge on any atom is 0.322 e. The number of halogens is 1. The highest BCUT2D eigenvalue weighted by Crippen LogP contribution is 2.35. The van der Waals surface area contributed by atoms with Gasteiger partial charge >= 0.3 is 6.03 Å². The van der Waals surface area contributed by atoms with E-state index in [0.29, 0.717) is 5.02 Å². The number of carbonyl (C=O) groups is 1. The Kier molecular flexibility index (Phi) is 5.48. The van der Waals surface area contributed by atoms with Crippen molar-refractivity contribution in [2.24, 2.45) is 0 Å². The van der Waals surface area contributed by atoms with Gasteiger partial charge in [-0.05, 0) is 68.0 Å². The van der Waals surface area contributed by atoms with Crippen molar-refractivity contribution in [1.29, 1.82) is 0 Å². The van der Waals surface area contributed by atoms with Crippen molar-refractivity contribution in [2.45, 2.75) is 38.1 Å². The molecule has 6 heteroatoms. The molecule has 2 amide bonds. The third-order valence-corrected chi connectivity index (χ3v) is 5.74. The number of likely N-dealkylation sites (tertiary alicyclic amines) is 1. The van der Waals surface area contributed by atoms with Gasteiger partial charge in [-0.25, -0.2) is 4.79 Å². The standard InChI is InChI=1S/C21H25ClN4O/c22-17-6-7-20(25-12-2-1-3-13-25)18(15-17)24-21(27)26-14-4-5-19(26)16-8-10-23-11-9-16/h6-11,15,19H,1-5,12-14H2,(H,24,27)/t19-/m1/s1. The number of hydrogen-bond donors (Lipinski definition) is 1. The zero-order chi connectivity index (χ0) is 18.6. The molecule has 142 valence electrons. The maximum atomic E-state index is 13.1. The zero-order valence-corrected chi connectivity index (χ0v) is 16.2. The van der Waals surface area contributed by atoms with Crippen LogP contribution in [0.15, 0.2) is 42.7 Å². The zero-order valence-electron chi connectivity index (χ0n) is 15.4. The van der Waals surface area contributed by atoms with Gasteiger partial charge in [0.05, 0.1) is 17.4 Å². The first kappa shape index (κ1) is 18.1. The van der Waals surface area contributed by atoms with Gasteiger partial charge in [-0.1, -0.05) is 11.6 Å². The first-order valence-electron chi connectivity index (χ1n) is 9.74. The molecule has 0 radical (unpaired) electrons. The van der Waals surface area contributed by atoms with Crippen molar-refractivity contribution in [3.05, 3.63) is 53.3 Å². The summed E-state index contributed by atoms with van der Waals surface area (Å²) in [6.07, 6.45) is 9.21. The van der Waals surface area contributed by atoms with E-state index >= 15 is 0 Å². The molecule has 0 saturated carbocycles. The van der Waals surface area contributed by atoms with Gasteiger partial charge in [0.25, 0.3) is 0 Å². The predicted octanol–water partition coefficient (Wildman–Crippen LogP) is 5.09. The van der Waals surface area contributed by atoms with Crippen molar-refractivity contribution < 1.29 is 4.79 Å². The molecule has 2 aliphatic rings. The molecule has 5 nitrogen and oxygen atoms in total. The molecule has 0 aliphatic carbocycles. The van der Waals surface area contributed by atoms with E-state index < -0.39 is 0 Å². The van der Waals surface area contributed by atoms with Gasteiger partial charge in [0.1, 0.15) is 0 Å². The predicted molar refractivity (Wildman–Crippen MR) is 109 cm³/mol. The number of pyridine rings is 1. The summed E-state index contributed by atoms with van der Waals surface area (Å²) >= 11 is 6.23. The number of amides is 2. The third-order valence-electron chi connectivity index (χ3n) is 5.50. The summed E-state index contributed by atoms with van der Waals surface area (Å²) in [5, 5.41) is 3.77. The van der Waals surface area contributed by atoms with Gasteiger partial charge in [-0.2, -0.15) is 0 Å². The molecule has 0 bridgehead atoms. The van der Waals surface area contributed by atoms with E-state index in [2.05, 4.69) is 15.2 Å². The van der Waals surface area contributed by atoms with Crippen LogP contribution in [-0.2, 0) is 0 Å². The molecule has 0 unspecified atom stereocenters. The van der Waals surface area contributed by atoms with Crippen LogP contribution in [0.4, 0.5) is 16.2 Å². The fourth-order valence-corrected chi connectivity index (χ4v) is 4.32. The topological polar surface area (TPSA) is 48.5 Å². The smallest absolute Gasteiger partial charge is 0.322 e. The molecule has 0 spiro atoms. The van der Waals surface area contributed by atoms with E-state index in [1.807, 2.05) is 35.2 Å². The minimum absolute atomic E-state index is 0.0603. The van der Waals surface area contributed by atoms with E-state index in [0.717, 1.165) is 49.4 Å². The Labute approximate surface area is 165 Å². The second kappa shape index (κ2) is 8.17. The second-order valence-corrected chi connectivity index (χ2v) is 7.71. The van der Waals surface area contributed by atoms with Crippen LogP contribution in [0.1, 0.15) is 43.7 Å². The number of carbonyl (C=O) groups excluding carboxylic acids is 1. The Bertz CT molecular complexity index is 792. The fourth-order valence-electron chi connectivity index (χ4n) is 4.15. The number of aromatic nitrogens is 1. The van der Waals surface area contributed by atoms with Crippen LogP contribution in [0.5, 0.6) is 0 Å². The monoisotopic (exact) mass is 384 g/mol. The molecule has 2 saturated heterocycles. The first-order valence-corrected chi connectivity index (χ1v) is 10.1. The van der Waals surface area contributed by atoms with Crippen molar-refractivity contribution in [1.82, 2.24) is 9.88 Å². The molecular formula is C21H25ClN4O. The van der Waals surface area contributed by atoms with E-state index in [-0.39, 0.29) is 12.1 Å². The number of anilines is 2. The highest BCUT2D eigenvalue weighted by Gasteiger charge is 2.30. The summed E-state index contributed by atoms with van der Waals surface area (Å²) in [6.45, 7) is 2.81. The lowest BCUT2D eigenvalue weighted by Crippen LogP contribution is -2.35. The molecule has 1 aromatic carbocycles. The summed E-state index contributed by atoms with van der Waals surface area (Å²) in [5.74, 6) is 0. The van der Waals surface area contributed by atoms with Crippen molar-refractivity contribution in [3.63, 3.8) is 0 Å². The Morgan fingerprint density at radius 3 is 2.59 bits per heavy atom. The van der Waals surface area contributed by atoms with E-state index in [9.17, 15) is 4.79 Å². The summed E-state index contributed by atoms with van der Waals surface area (Å²) in [7, 11) is 0. The molecule has 1 aromatic heterocycles. The Morgan fingerprint density at radius 2 is 1.81 bits per heavy atom. The Hall–Kier alpha value is -2.27. The number of urea groups is 1. The average Bonchev–Trinajstić information content (AvgIpc) is 3.19. The van der Waals surface area contributed by atoms with Crippen LogP contribution >= 0.6 is 11.6 Å². The number of piperidine rings is 1. The number of nitrogens with one attached hydrogen (secondary N) is 1. The molecule has 4 rings (SSSR count). The fraction of sp³-hybridized carbons (Fsp3) is 0.429. The van der Waals surface area contributed by atoms with Gasteiger partial charge in [-0.15, -0.1) is 0 Å².